The zero-order valence-electron chi connectivity index (χ0n) is 15.3. The van der Waals surface area contributed by atoms with E-state index in [9.17, 15) is 4.79 Å². The first kappa shape index (κ1) is 18.3. The minimum absolute atomic E-state index is 0.0882. The van der Waals surface area contributed by atoms with Crippen molar-refractivity contribution < 1.29 is 4.79 Å². The highest BCUT2D eigenvalue weighted by Gasteiger charge is 2.36. The second-order valence-electron chi connectivity index (χ2n) is 7.03. The van der Waals surface area contributed by atoms with Crippen molar-refractivity contribution in [3.63, 3.8) is 0 Å². The fraction of sp³-hybridized carbons (Fsp3) is 0.421. The molecule has 1 atom stereocenters. The van der Waals surface area contributed by atoms with Gasteiger partial charge >= 0.3 is 0 Å². The number of benzene rings is 1. The summed E-state index contributed by atoms with van der Waals surface area (Å²) in [6.07, 6.45) is 3.87. The van der Waals surface area contributed by atoms with Gasteiger partial charge in [-0.1, -0.05) is 35.1 Å². The third-order valence-corrected chi connectivity index (χ3v) is 7.43. The molecule has 1 unspecified atom stereocenters. The summed E-state index contributed by atoms with van der Waals surface area (Å²) < 4.78 is 1.82. The van der Waals surface area contributed by atoms with E-state index < -0.39 is 0 Å². The van der Waals surface area contributed by atoms with Crippen LogP contribution in [-0.2, 0) is 4.79 Å². The summed E-state index contributed by atoms with van der Waals surface area (Å²) in [7, 11) is 0. The van der Waals surface area contributed by atoms with Gasteiger partial charge in [0.25, 0.3) is 0 Å². The molecule has 2 aromatic heterocycles. The Morgan fingerprint density at radius 3 is 2.68 bits per heavy atom. The molecule has 0 spiro atoms. The highest BCUT2D eigenvalue weighted by Crippen LogP contribution is 2.32. The number of imidazole rings is 1. The molecule has 0 aliphatic carbocycles. The molecule has 0 saturated carbocycles. The summed E-state index contributed by atoms with van der Waals surface area (Å²) in [6, 6.07) is 7.56. The van der Waals surface area contributed by atoms with Gasteiger partial charge in [-0.2, -0.15) is 11.8 Å². The third-order valence-electron chi connectivity index (χ3n) is 5.28. The normalized spacial score (nSPS) is 20.2. The molecule has 5 rings (SSSR count). The van der Waals surface area contributed by atoms with Crippen molar-refractivity contribution in [3.05, 3.63) is 35.5 Å². The monoisotopic (exact) mass is 433 g/mol. The van der Waals surface area contributed by atoms with Crippen LogP contribution in [0.2, 0.25) is 5.02 Å². The number of aromatic nitrogens is 3. The summed E-state index contributed by atoms with van der Waals surface area (Å²) in [5.41, 5.74) is 1.89. The highest BCUT2D eigenvalue weighted by molar-refractivity contribution is 7.99. The number of anilines is 1. The zero-order chi connectivity index (χ0) is 19.1. The maximum atomic E-state index is 13.0. The number of thioether (sulfide) groups is 1. The van der Waals surface area contributed by atoms with E-state index in [1.54, 1.807) is 11.3 Å². The average molecular weight is 434 g/mol. The molecule has 2 fully saturated rings. The molecule has 1 amide bonds. The molecule has 4 heterocycles. The maximum absolute atomic E-state index is 13.0. The smallest absolute Gasteiger partial charge is 0.245 e. The van der Waals surface area contributed by atoms with E-state index in [-0.39, 0.29) is 11.9 Å². The van der Waals surface area contributed by atoms with Gasteiger partial charge in [0.05, 0.1) is 11.9 Å². The first-order valence-corrected chi connectivity index (χ1v) is 11.8. The average Bonchev–Trinajstić information content (AvgIpc) is 3.43. The lowest BCUT2D eigenvalue weighted by Crippen LogP contribution is -2.48. The molecule has 0 N–H and O–H groups in total. The number of rotatable bonds is 3. The third kappa shape index (κ3) is 3.38. The summed E-state index contributed by atoms with van der Waals surface area (Å²) >= 11 is 9.44. The van der Waals surface area contributed by atoms with Crippen molar-refractivity contribution in [2.45, 2.75) is 18.9 Å². The number of carbonyl (C=O) groups excluding carboxylic acids is 1. The first-order chi connectivity index (χ1) is 13.7. The lowest BCUT2D eigenvalue weighted by Gasteiger charge is -2.32. The summed E-state index contributed by atoms with van der Waals surface area (Å²) in [5, 5.41) is 6.33. The predicted molar refractivity (Wildman–Crippen MR) is 116 cm³/mol. The Hall–Kier alpha value is -1.77. The van der Waals surface area contributed by atoms with Crippen LogP contribution in [0.25, 0.3) is 16.2 Å². The minimum atomic E-state index is -0.0882. The van der Waals surface area contributed by atoms with Gasteiger partial charge in [-0.3, -0.25) is 4.79 Å². The lowest BCUT2D eigenvalue weighted by atomic mass is 10.2. The van der Waals surface area contributed by atoms with Crippen LogP contribution in [0.3, 0.4) is 0 Å². The zero-order valence-corrected chi connectivity index (χ0v) is 17.6. The summed E-state index contributed by atoms with van der Waals surface area (Å²) in [5.74, 6) is 2.33. The number of hydrogen-bond acceptors (Lipinski definition) is 6. The molecular formula is C19H20ClN5OS2. The van der Waals surface area contributed by atoms with Crippen LogP contribution in [0.1, 0.15) is 12.8 Å². The number of fused-ring (bicyclic) bond motifs is 1. The second kappa shape index (κ2) is 7.57. The van der Waals surface area contributed by atoms with Gasteiger partial charge in [0.15, 0.2) is 0 Å². The van der Waals surface area contributed by atoms with Crippen LogP contribution < -0.4 is 4.90 Å². The molecule has 3 aromatic rings. The van der Waals surface area contributed by atoms with Crippen molar-refractivity contribution in [2.75, 3.05) is 36.0 Å². The Bertz CT molecular complexity index is 964. The van der Waals surface area contributed by atoms with Crippen molar-refractivity contribution in [2.24, 2.45) is 0 Å². The molecule has 1 aromatic carbocycles. The molecule has 6 nitrogen and oxygen atoms in total. The molecule has 146 valence electrons. The van der Waals surface area contributed by atoms with Crippen molar-refractivity contribution in [3.8, 4) is 11.3 Å². The Morgan fingerprint density at radius 2 is 1.93 bits per heavy atom. The van der Waals surface area contributed by atoms with E-state index in [2.05, 4.69) is 4.90 Å². The van der Waals surface area contributed by atoms with Gasteiger partial charge in [-0.15, -0.1) is 5.10 Å². The van der Waals surface area contributed by atoms with E-state index in [1.165, 1.54) is 0 Å². The van der Waals surface area contributed by atoms with Crippen LogP contribution >= 0.6 is 34.7 Å². The van der Waals surface area contributed by atoms with E-state index >= 15 is 0 Å². The second-order valence-corrected chi connectivity index (χ2v) is 9.63. The molecule has 0 radical (unpaired) electrons. The van der Waals surface area contributed by atoms with Gasteiger partial charge in [0.1, 0.15) is 6.04 Å². The van der Waals surface area contributed by atoms with Crippen molar-refractivity contribution >= 4 is 50.7 Å². The SMILES string of the molecule is O=C(C1CCCN1c1nn2cc(-c3ccc(Cl)cc3)nc2s1)N1CCSCC1. The number of halogens is 1. The van der Waals surface area contributed by atoms with Crippen LogP contribution in [0.5, 0.6) is 0 Å². The van der Waals surface area contributed by atoms with Crippen molar-refractivity contribution in [1.82, 2.24) is 19.5 Å². The fourth-order valence-corrected chi connectivity index (χ4v) is 5.80. The van der Waals surface area contributed by atoms with Crippen LogP contribution in [0.4, 0.5) is 5.13 Å². The van der Waals surface area contributed by atoms with Crippen LogP contribution in [0, 0.1) is 0 Å². The highest BCUT2D eigenvalue weighted by atomic mass is 35.5. The summed E-state index contributed by atoms with van der Waals surface area (Å²) in [6.45, 7) is 2.60. The number of amides is 1. The van der Waals surface area contributed by atoms with Crippen LogP contribution in [0.15, 0.2) is 30.5 Å². The molecule has 0 bridgehead atoms. The van der Waals surface area contributed by atoms with E-state index in [0.29, 0.717) is 5.02 Å². The van der Waals surface area contributed by atoms with E-state index in [4.69, 9.17) is 21.7 Å². The minimum Gasteiger partial charge on any atom is -0.339 e. The Balaban J connectivity index is 1.38. The van der Waals surface area contributed by atoms with E-state index in [0.717, 1.165) is 65.3 Å². The Kier molecular flexibility index (Phi) is 4.94. The molecule has 2 aliphatic heterocycles. The number of nitrogens with zero attached hydrogens (tertiary/aromatic N) is 5. The quantitative estimate of drug-likeness (QED) is 0.631. The topological polar surface area (TPSA) is 53.7 Å². The van der Waals surface area contributed by atoms with Gasteiger partial charge in [0.2, 0.25) is 16.0 Å². The Morgan fingerprint density at radius 1 is 1.14 bits per heavy atom. The summed E-state index contributed by atoms with van der Waals surface area (Å²) in [4.78, 5) is 22.8. The molecule has 2 aliphatic rings. The number of hydrogen-bond donors (Lipinski definition) is 0. The van der Waals surface area contributed by atoms with Crippen molar-refractivity contribution in [1.29, 1.82) is 0 Å². The first-order valence-electron chi connectivity index (χ1n) is 9.44. The largest absolute Gasteiger partial charge is 0.339 e. The number of carbonyl (C=O) groups is 1. The predicted octanol–water partition coefficient (Wildman–Crippen LogP) is 3.66. The molecule has 9 heteroatoms. The maximum Gasteiger partial charge on any atom is 0.245 e. The lowest BCUT2D eigenvalue weighted by molar-refractivity contribution is -0.132. The van der Waals surface area contributed by atoms with E-state index in [1.807, 2.05) is 51.6 Å². The fourth-order valence-electron chi connectivity index (χ4n) is 3.81. The molecular weight excluding hydrogens is 414 g/mol. The standard InChI is InChI=1S/C19H20ClN5OS2/c20-14-5-3-13(4-6-14)15-12-25-18(21-15)28-19(22-25)24-7-1-2-16(24)17(26)23-8-10-27-11-9-23/h3-6,12,16H,1-2,7-11H2. The molecule has 28 heavy (non-hydrogen) atoms. The Labute approximate surface area is 176 Å². The van der Waals surface area contributed by atoms with Gasteiger partial charge in [-0.05, 0) is 25.0 Å². The van der Waals surface area contributed by atoms with Gasteiger partial charge in [-0.25, -0.2) is 9.50 Å². The van der Waals surface area contributed by atoms with Gasteiger partial charge < -0.3 is 9.80 Å². The van der Waals surface area contributed by atoms with Gasteiger partial charge in [0, 0.05) is 41.7 Å². The van der Waals surface area contributed by atoms with Crippen LogP contribution in [-0.4, -0.2) is 62.6 Å². The molecule has 2 saturated heterocycles.